The number of amides is 1. The van der Waals surface area contributed by atoms with Gasteiger partial charge in [-0.05, 0) is 32.0 Å². The first-order valence-corrected chi connectivity index (χ1v) is 7.55. The van der Waals surface area contributed by atoms with Gasteiger partial charge in [-0.25, -0.2) is 4.98 Å². The number of thiazole rings is 1. The lowest BCUT2D eigenvalue weighted by molar-refractivity contribution is -0.888. The molecule has 0 saturated carbocycles. The first-order valence-electron chi connectivity index (χ1n) is 6.74. The number of quaternary nitrogens is 1. The van der Waals surface area contributed by atoms with Crippen molar-refractivity contribution in [3.63, 3.8) is 0 Å². The second-order valence-electron chi connectivity index (χ2n) is 4.53. The van der Waals surface area contributed by atoms with E-state index in [-0.39, 0.29) is 5.91 Å². The summed E-state index contributed by atoms with van der Waals surface area (Å²) in [5, 5.41) is 3.52. The van der Waals surface area contributed by atoms with Crippen LogP contribution in [0, 0.1) is 0 Å². The molecule has 1 amide bonds. The van der Waals surface area contributed by atoms with Crippen molar-refractivity contribution in [2.75, 3.05) is 32.1 Å². The van der Waals surface area contributed by atoms with Crippen molar-refractivity contribution in [1.29, 1.82) is 0 Å². The monoisotopic (exact) mass is 294 g/mol. The van der Waals surface area contributed by atoms with Crippen LogP contribution in [-0.2, 0) is 4.79 Å². The van der Waals surface area contributed by atoms with Gasteiger partial charge in [-0.15, -0.1) is 0 Å². The van der Waals surface area contributed by atoms with Gasteiger partial charge in [0.2, 0.25) is 0 Å². The van der Waals surface area contributed by atoms with Gasteiger partial charge in [0.05, 0.1) is 30.4 Å². The number of benzene rings is 1. The fourth-order valence-corrected chi connectivity index (χ4v) is 2.89. The fourth-order valence-electron chi connectivity index (χ4n) is 1.98. The molecule has 0 fully saturated rings. The molecule has 6 heteroatoms. The molecule has 0 atom stereocenters. The number of carbonyl (C=O) groups is 1. The number of rotatable bonds is 6. The van der Waals surface area contributed by atoms with E-state index in [9.17, 15) is 4.79 Å². The largest absolute Gasteiger partial charge is 0.497 e. The zero-order valence-electron chi connectivity index (χ0n) is 12.0. The number of hydrogen-bond acceptors (Lipinski definition) is 4. The lowest BCUT2D eigenvalue weighted by Crippen LogP contribution is -3.12. The van der Waals surface area contributed by atoms with Crippen LogP contribution >= 0.6 is 11.3 Å². The van der Waals surface area contributed by atoms with Gasteiger partial charge >= 0.3 is 0 Å². The van der Waals surface area contributed by atoms with E-state index in [1.54, 1.807) is 7.11 Å². The Balaban J connectivity index is 2.08. The number of carbonyl (C=O) groups excluding carboxylic acids is 1. The quantitative estimate of drug-likeness (QED) is 0.841. The minimum atomic E-state index is 0.00900. The van der Waals surface area contributed by atoms with Gasteiger partial charge in [0, 0.05) is 0 Å². The lowest BCUT2D eigenvalue weighted by atomic mass is 10.3. The highest BCUT2D eigenvalue weighted by atomic mass is 32.1. The summed E-state index contributed by atoms with van der Waals surface area (Å²) < 4.78 is 6.19. The third kappa shape index (κ3) is 3.46. The number of fused-ring (bicyclic) bond motifs is 1. The zero-order chi connectivity index (χ0) is 14.5. The topological polar surface area (TPSA) is 55.7 Å². The Morgan fingerprint density at radius 1 is 1.40 bits per heavy atom. The maximum absolute atomic E-state index is 12.0. The van der Waals surface area contributed by atoms with Crippen LogP contribution in [0.15, 0.2) is 18.2 Å². The van der Waals surface area contributed by atoms with Gasteiger partial charge in [-0.2, -0.15) is 0 Å². The van der Waals surface area contributed by atoms with Crippen molar-refractivity contribution in [2.45, 2.75) is 13.8 Å². The van der Waals surface area contributed by atoms with Crippen LogP contribution in [0.1, 0.15) is 13.8 Å². The van der Waals surface area contributed by atoms with E-state index in [4.69, 9.17) is 4.74 Å². The first-order chi connectivity index (χ1) is 9.66. The van der Waals surface area contributed by atoms with Crippen LogP contribution in [0.3, 0.4) is 0 Å². The first kappa shape index (κ1) is 14.7. The number of methoxy groups -OCH3 is 1. The molecule has 0 bridgehead atoms. The van der Waals surface area contributed by atoms with E-state index < -0.39 is 0 Å². The summed E-state index contributed by atoms with van der Waals surface area (Å²) >= 11 is 1.47. The Morgan fingerprint density at radius 3 is 2.80 bits per heavy atom. The normalized spacial score (nSPS) is 11.0. The van der Waals surface area contributed by atoms with Crippen molar-refractivity contribution in [2.24, 2.45) is 0 Å². The number of aromatic nitrogens is 1. The molecule has 0 aliphatic rings. The SMILES string of the molecule is CC[NH+](CC)CC(=O)Nc1nc2ccc(OC)cc2s1. The van der Waals surface area contributed by atoms with Crippen molar-refractivity contribution >= 4 is 32.6 Å². The fraction of sp³-hybridized carbons (Fsp3) is 0.429. The van der Waals surface area contributed by atoms with Crippen molar-refractivity contribution in [1.82, 2.24) is 4.98 Å². The number of ether oxygens (including phenoxy) is 1. The second kappa shape index (κ2) is 6.67. The Kier molecular flexibility index (Phi) is 4.92. The van der Waals surface area contributed by atoms with Crippen molar-refractivity contribution < 1.29 is 14.4 Å². The Hall–Kier alpha value is -1.66. The molecule has 0 unspecified atom stereocenters. The molecule has 2 aromatic rings. The van der Waals surface area contributed by atoms with E-state index in [2.05, 4.69) is 24.1 Å². The smallest absolute Gasteiger partial charge is 0.281 e. The van der Waals surface area contributed by atoms with E-state index in [1.165, 1.54) is 16.2 Å². The van der Waals surface area contributed by atoms with Crippen LogP contribution in [0.4, 0.5) is 5.13 Å². The third-order valence-electron chi connectivity index (χ3n) is 3.25. The predicted octanol–water partition coefficient (Wildman–Crippen LogP) is 1.17. The van der Waals surface area contributed by atoms with Crippen LogP contribution in [0.25, 0.3) is 10.2 Å². The number of hydrogen-bond donors (Lipinski definition) is 2. The summed E-state index contributed by atoms with van der Waals surface area (Å²) in [4.78, 5) is 17.6. The maximum Gasteiger partial charge on any atom is 0.281 e. The molecule has 2 rings (SSSR count). The Labute approximate surface area is 122 Å². The molecule has 108 valence electrons. The minimum absolute atomic E-state index is 0.00900. The molecule has 2 N–H and O–H groups in total. The Morgan fingerprint density at radius 2 is 2.15 bits per heavy atom. The summed E-state index contributed by atoms with van der Waals surface area (Å²) in [5.41, 5.74) is 0.876. The molecule has 1 heterocycles. The zero-order valence-corrected chi connectivity index (χ0v) is 12.8. The van der Waals surface area contributed by atoms with Gasteiger partial charge < -0.3 is 9.64 Å². The van der Waals surface area contributed by atoms with Gasteiger partial charge in [0.1, 0.15) is 5.75 Å². The van der Waals surface area contributed by atoms with E-state index in [1.807, 2.05) is 18.2 Å². The summed E-state index contributed by atoms with van der Waals surface area (Å²) in [7, 11) is 1.64. The predicted molar refractivity (Wildman–Crippen MR) is 81.7 cm³/mol. The van der Waals surface area contributed by atoms with E-state index in [0.29, 0.717) is 11.7 Å². The summed E-state index contributed by atoms with van der Waals surface area (Å²) in [6, 6.07) is 5.70. The molecule has 0 saturated heterocycles. The van der Waals surface area contributed by atoms with Crippen LogP contribution in [0.5, 0.6) is 5.75 Å². The van der Waals surface area contributed by atoms with Gasteiger partial charge in [0.15, 0.2) is 11.7 Å². The number of likely N-dealkylation sites (N-methyl/N-ethyl adjacent to an activating group) is 1. The maximum atomic E-state index is 12.0. The number of nitrogens with one attached hydrogen (secondary N) is 2. The summed E-state index contributed by atoms with van der Waals surface area (Å²) in [6.07, 6.45) is 0. The average Bonchev–Trinajstić information content (AvgIpc) is 2.85. The number of anilines is 1. The molecular formula is C14H20N3O2S+. The third-order valence-corrected chi connectivity index (χ3v) is 4.19. The molecule has 0 spiro atoms. The van der Waals surface area contributed by atoms with Crippen LogP contribution in [0.2, 0.25) is 0 Å². The van der Waals surface area contributed by atoms with Crippen LogP contribution < -0.4 is 15.0 Å². The molecule has 0 aliphatic carbocycles. The molecule has 0 radical (unpaired) electrons. The molecule has 20 heavy (non-hydrogen) atoms. The van der Waals surface area contributed by atoms with Crippen molar-refractivity contribution in [3.05, 3.63) is 18.2 Å². The standard InChI is InChI=1S/C14H19N3O2S/c1-4-17(5-2)9-13(18)16-14-15-11-7-6-10(19-3)8-12(11)20-14/h6-8H,4-5,9H2,1-3H3,(H,15,16,18)/p+1. The second-order valence-corrected chi connectivity index (χ2v) is 5.57. The van der Waals surface area contributed by atoms with Crippen LogP contribution in [-0.4, -0.2) is 37.6 Å². The summed E-state index contributed by atoms with van der Waals surface area (Å²) in [6.45, 7) is 6.53. The molecule has 1 aromatic carbocycles. The number of nitrogens with zero attached hydrogens (tertiary/aromatic N) is 1. The highest BCUT2D eigenvalue weighted by Gasteiger charge is 2.13. The van der Waals surface area contributed by atoms with E-state index >= 15 is 0 Å². The minimum Gasteiger partial charge on any atom is -0.497 e. The Bertz CT molecular complexity index is 593. The van der Waals surface area contributed by atoms with E-state index in [0.717, 1.165) is 29.1 Å². The molecular weight excluding hydrogens is 274 g/mol. The van der Waals surface area contributed by atoms with Gasteiger partial charge in [0.25, 0.3) is 5.91 Å². The van der Waals surface area contributed by atoms with Crippen molar-refractivity contribution in [3.8, 4) is 5.75 Å². The summed E-state index contributed by atoms with van der Waals surface area (Å²) in [5.74, 6) is 0.807. The highest BCUT2D eigenvalue weighted by Crippen LogP contribution is 2.28. The van der Waals surface area contributed by atoms with Gasteiger partial charge in [-0.3, -0.25) is 10.1 Å². The van der Waals surface area contributed by atoms with Gasteiger partial charge in [-0.1, -0.05) is 11.3 Å². The average molecular weight is 294 g/mol. The lowest BCUT2D eigenvalue weighted by Gasteiger charge is -2.13. The molecule has 5 nitrogen and oxygen atoms in total. The highest BCUT2D eigenvalue weighted by molar-refractivity contribution is 7.22. The molecule has 1 aromatic heterocycles. The molecule has 0 aliphatic heterocycles.